The predicted octanol–water partition coefficient (Wildman–Crippen LogP) is 2.39. The number of nitrogens with zero attached hydrogens (tertiary/aromatic N) is 1. The number of carbonyl (C=O) groups is 1. The van der Waals surface area contributed by atoms with Crippen molar-refractivity contribution in [3.8, 4) is 11.3 Å². The molecule has 1 heterocycles. The van der Waals surface area contributed by atoms with Crippen LogP contribution in [0.25, 0.3) is 11.3 Å². The summed E-state index contributed by atoms with van der Waals surface area (Å²) in [6.07, 6.45) is 0. The number of aromatic nitrogens is 2. The summed E-state index contributed by atoms with van der Waals surface area (Å²) in [6, 6.07) is 7.56. The highest BCUT2D eigenvalue weighted by molar-refractivity contribution is 5.87. The number of benzene rings is 1. The van der Waals surface area contributed by atoms with Gasteiger partial charge in [0.1, 0.15) is 5.69 Å². The molecular formula is C12H12N2O2. The largest absolute Gasteiger partial charge is 0.477 e. The van der Waals surface area contributed by atoms with Crippen LogP contribution in [0.5, 0.6) is 0 Å². The standard InChI is InChI=1S/C12H12N2O2/c1-7-3-4-8(2)9(5-7)10-6-11(12(15)16)14-13-10/h3-6H,1-2H3,(H,13,14)(H,15,16). The third-order valence-corrected chi connectivity index (χ3v) is 2.48. The van der Waals surface area contributed by atoms with Crippen LogP contribution < -0.4 is 0 Å². The van der Waals surface area contributed by atoms with Crippen molar-refractivity contribution < 1.29 is 9.90 Å². The monoisotopic (exact) mass is 216 g/mol. The molecule has 1 aromatic carbocycles. The molecule has 2 rings (SSSR count). The van der Waals surface area contributed by atoms with Crippen LogP contribution >= 0.6 is 0 Å². The van der Waals surface area contributed by atoms with Gasteiger partial charge in [0.05, 0.1) is 5.69 Å². The molecule has 82 valence electrons. The lowest BCUT2D eigenvalue weighted by molar-refractivity contribution is 0.0690. The molecule has 2 N–H and O–H groups in total. The van der Waals surface area contributed by atoms with E-state index < -0.39 is 5.97 Å². The van der Waals surface area contributed by atoms with Crippen molar-refractivity contribution in [2.75, 3.05) is 0 Å². The number of carboxylic acid groups (broad SMARTS) is 1. The van der Waals surface area contributed by atoms with Crippen molar-refractivity contribution in [1.29, 1.82) is 0 Å². The van der Waals surface area contributed by atoms with Crippen molar-refractivity contribution >= 4 is 5.97 Å². The Bertz CT molecular complexity index is 544. The number of aromatic carboxylic acids is 1. The molecule has 0 fully saturated rings. The van der Waals surface area contributed by atoms with Gasteiger partial charge in [-0.3, -0.25) is 5.10 Å². The summed E-state index contributed by atoms with van der Waals surface area (Å²) in [5, 5.41) is 15.3. The Hall–Kier alpha value is -2.10. The molecule has 0 saturated heterocycles. The smallest absolute Gasteiger partial charge is 0.353 e. The van der Waals surface area contributed by atoms with E-state index in [0.29, 0.717) is 5.69 Å². The molecule has 0 unspecified atom stereocenters. The van der Waals surface area contributed by atoms with Gasteiger partial charge in [0.15, 0.2) is 0 Å². The van der Waals surface area contributed by atoms with E-state index in [4.69, 9.17) is 5.11 Å². The van der Waals surface area contributed by atoms with E-state index in [2.05, 4.69) is 10.2 Å². The second-order valence-electron chi connectivity index (χ2n) is 3.79. The third-order valence-electron chi connectivity index (χ3n) is 2.48. The van der Waals surface area contributed by atoms with Gasteiger partial charge in [0.2, 0.25) is 0 Å². The maximum absolute atomic E-state index is 10.7. The fourth-order valence-corrected chi connectivity index (χ4v) is 1.58. The molecule has 0 spiro atoms. The van der Waals surface area contributed by atoms with E-state index in [9.17, 15) is 4.79 Å². The summed E-state index contributed by atoms with van der Waals surface area (Å²) in [5.74, 6) is -0.996. The Kier molecular flexibility index (Phi) is 2.48. The number of aryl methyl sites for hydroxylation is 2. The lowest BCUT2D eigenvalue weighted by Crippen LogP contribution is -1.95. The molecule has 0 radical (unpaired) electrons. The van der Waals surface area contributed by atoms with Crippen LogP contribution in [0.15, 0.2) is 24.3 Å². The molecule has 0 aliphatic heterocycles. The summed E-state index contributed by atoms with van der Waals surface area (Å²) < 4.78 is 0. The van der Waals surface area contributed by atoms with Crippen molar-refractivity contribution in [2.45, 2.75) is 13.8 Å². The number of aromatic amines is 1. The van der Waals surface area contributed by atoms with Gasteiger partial charge >= 0.3 is 5.97 Å². The normalized spacial score (nSPS) is 10.4. The number of hydrogen-bond donors (Lipinski definition) is 2. The Labute approximate surface area is 92.9 Å². The summed E-state index contributed by atoms with van der Waals surface area (Å²) in [4.78, 5) is 10.7. The van der Waals surface area contributed by atoms with Gasteiger partial charge < -0.3 is 5.11 Å². The Morgan fingerprint density at radius 3 is 2.69 bits per heavy atom. The van der Waals surface area contributed by atoms with Crippen LogP contribution in [0.2, 0.25) is 0 Å². The average molecular weight is 216 g/mol. The zero-order valence-electron chi connectivity index (χ0n) is 9.11. The van der Waals surface area contributed by atoms with E-state index in [1.807, 2.05) is 32.0 Å². The van der Waals surface area contributed by atoms with Crippen LogP contribution in [0.4, 0.5) is 0 Å². The van der Waals surface area contributed by atoms with E-state index in [1.54, 1.807) is 6.07 Å². The lowest BCUT2D eigenvalue weighted by Gasteiger charge is -2.02. The van der Waals surface area contributed by atoms with Crippen molar-refractivity contribution in [2.24, 2.45) is 0 Å². The molecule has 1 aromatic heterocycles. The average Bonchev–Trinajstić information content (AvgIpc) is 2.70. The molecule has 0 aliphatic carbocycles. The minimum absolute atomic E-state index is 0.107. The molecule has 16 heavy (non-hydrogen) atoms. The SMILES string of the molecule is Cc1ccc(C)c(-c2cc(C(=O)O)[nH]n2)c1. The highest BCUT2D eigenvalue weighted by atomic mass is 16.4. The van der Waals surface area contributed by atoms with Crippen LogP contribution in [-0.2, 0) is 0 Å². The topological polar surface area (TPSA) is 66.0 Å². The maximum Gasteiger partial charge on any atom is 0.353 e. The molecule has 0 amide bonds. The van der Waals surface area contributed by atoms with Crippen molar-refractivity contribution in [3.63, 3.8) is 0 Å². The molecule has 0 saturated carbocycles. The second kappa shape index (κ2) is 3.81. The first-order valence-electron chi connectivity index (χ1n) is 4.94. The van der Waals surface area contributed by atoms with E-state index >= 15 is 0 Å². The van der Waals surface area contributed by atoms with Gasteiger partial charge in [-0.2, -0.15) is 5.10 Å². The Balaban J connectivity index is 2.50. The van der Waals surface area contributed by atoms with Crippen LogP contribution in [0, 0.1) is 13.8 Å². The van der Waals surface area contributed by atoms with E-state index in [0.717, 1.165) is 16.7 Å². The van der Waals surface area contributed by atoms with Gasteiger partial charge in [-0.1, -0.05) is 17.7 Å². The summed E-state index contributed by atoms with van der Waals surface area (Å²) in [6.45, 7) is 3.97. The van der Waals surface area contributed by atoms with Gasteiger partial charge in [0.25, 0.3) is 0 Å². The van der Waals surface area contributed by atoms with Crippen LogP contribution in [-0.4, -0.2) is 21.3 Å². The van der Waals surface area contributed by atoms with Gasteiger partial charge in [-0.15, -0.1) is 0 Å². The van der Waals surface area contributed by atoms with E-state index in [-0.39, 0.29) is 5.69 Å². The first-order chi connectivity index (χ1) is 7.58. The summed E-state index contributed by atoms with van der Waals surface area (Å²) in [5.41, 5.74) is 3.94. The Morgan fingerprint density at radius 1 is 1.31 bits per heavy atom. The molecule has 2 aromatic rings. The molecular weight excluding hydrogens is 204 g/mol. The van der Waals surface area contributed by atoms with Crippen LogP contribution in [0.1, 0.15) is 21.6 Å². The minimum atomic E-state index is -0.996. The molecule has 0 bridgehead atoms. The minimum Gasteiger partial charge on any atom is -0.477 e. The molecule has 0 atom stereocenters. The maximum atomic E-state index is 10.7. The fraction of sp³-hybridized carbons (Fsp3) is 0.167. The van der Waals surface area contributed by atoms with E-state index in [1.165, 1.54) is 0 Å². The third kappa shape index (κ3) is 1.82. The zero-order valence-corrected chi connectivity index (χ0v) is 9.11. The van der Waals surface area contributed by atoms with Gasteiger partial charge in [-0.05, 0) is 31.5 Å². The van der Waals surface area contributed by atoms with Gasteiger partial charge in [0, 0.05) is 5.56 Å². The fourth-order valence-electron chi connectivity index (χ4n) is 1.58. The quantitative estimate of drug-likeness (QED) is 0.810. The van der Waals surface area contributed by atoms with Crippen molar-refractivity contribution in [1.82, 2.24) is 10.2 Å². The number of carboxylic acids is 1. The predicted molar refractivity (Wildman–Crippen MR) is 60.5 cm³/mol. The summed E-state index contributed by atoms with van der Waals surface area (Å²) >= 11 is 0. The number of nitrogens with one attached hydrogen (secondary N) is 1. The molecule has 0 aliphatic rings. The lowest BCUT2D eigenvalue weighted by atomic mass is 10.0. The first kappa shape index (κ1) is 10.4. The highest BCUT2D eigenvalue weighted by Gasteiger charge is 2.10. The highest BCUT2D eigenvalue weighted by Crippen LogP contribution is 2.23. The first-order valence-corrected chi connectivity index (χ1v) is 4.94. The number of hydrogen-bond acceptors (Lipinski definition) is 2. The zero-order chi connectivity index (χ0) is 11.7. The van der Waals surface area contributed by atoms with Crippen LogP contribution in [0.3, 0.4) is 0 Å². The summed E-state index contributed by atoms with van der Waals surface area (Å²) in [7, 11) is 0. The second-order valence-corrected chi connectivity index (χ2v) is 3.79. The molecule has 4 heteroatoms. The van der Waals surface area contributed by atoms with Crippen molar-refractivity contribution in [3.05, 3.63) is 41.1 Å². The number of rotatable bonds is 2. The Morgan fingerprint density at radius 2 is 2.06 bits per heavy atom. The number of H-pyrrole nitrogens is 1. The molecule has 4 nitrogen and oxygen atoms in total. The van der Waals surface area contributed by atoms with Gasteiger partial charge in [-0.25, -0.2) is 4.79 Å².